The third kappa shape index (κ3) is 3.36. The molecule has 1 aromatic rings. The van der Waals surface area contributed by atoms with E-state index in [2.05, 4.69) is 79.7 Å². The van der Waals surface area contributed by atoms with Crippen LogP contribution in [-0.2, 0) is 14.0 Å². The Kier molecular flexibility index (Phi) is 5.33. The zero-order valence-corrected chi connectivity index (χ0v) is 17.7. The van der Waals surface area contributed by atoms with Gasteiger partial charge in [-0.3, -0.25) is 0 Å². The Labute approximate surface area is 159 Å². The molecule has 0 radical (unpaired) electrons. The molecule has 0 aromatic heterocycles. The molecule has 4 heteroatoms. The summed E-state index contributed by atoms with van der Waals surface area (Å²) in [5.74, 6) is 1.77. The van der Waals surface area contributed by atoms with Gasteiger partial charge in [0.15, 0.2) is 0 Å². The van der Waals surface area contributed by atoms with E-state index in [1.165, 1.54) is 5.56 Å². The third-order valence-electron chi connectivity index (χ3n) is 7.24. The van der Waals surface area contributed by atoms with Crippen molar-refractivity contribution in [2.24, 2.45) is 17.8 Å². The first-order chi connectivity index (χ1) is 12.1. The van der Waals surface area contributed by atoms with E-state index in [1.807, 2.05) is 0 Å². The lowest BCUT2D eigenvalue weighted by atomic mass is 9.73. The summed E-state index contributed by atoms with van der Waals surface area (Å²) in [6.45, 7) is 17.6. The second-order valence-electron chi connectivity index (χ2n) is 9.34. The van der Waals surface area contributed by atoms with Gasteiger partial charge in [0.2, 0.25) is 0 Å². The first-order valence-electron chi connectivity index (χ1n) is 10.2. The third-order valence-corrected chi connectivity index (χ3v) is 7.24. The van der Waals surface area contributed by atoms with Gasteiger partial charge >= 0.3 is 7.12 Å². The van der Waals surface area contributed by atoms with E-state index in [0.717, 1.165) is 11.9 Å². The lowest BCUT2D eigenvalue weighted by molar-refractivity contribution is -0.136. The first-order valence-corrected chi connectivity index (χ1v) is 10.2. The van der Waals surface area contributed by atoms with Crippen molar-refractivity contribution in [2.75, 3.05) is 0 Å². The summed E-state index contributed by atoms with van der Waals surface area (Å²) < 4.78 is 18.8. The molecule has 1 aromatic carbocycles. The van der Waals surface area contributed by atoms with E-state index in [1.54, 1.807) is 0 Å². The molecule has 2 heterocycles. The van der Waals surface area contributed by atoms with E-state index in [4.69, 9.17) is 14.0 Å². The molecule has 0 saturated carbocycles. The average molecular weight is 358 g/mol. The zero-order valence-electron chi connectivity index (χ0n) is 17.7. The van der Waals surface area contributed by atoms with Crippen molar-refractivity contribution >= 4 is 12.6 Å². The molecule has 0 amide bonds. The van der Waals surface area contributed by atoms with E-state index in [9.17, 15) is 0 Å². The number of hydrogen-bond donors (Lipinski definition) is 0. The minimum atomic E-state index is -0.308. The topological polar surface area (TPSA) is 27.7 Å². The fourth-order valence-electron chi connectivity index (χ4n) is 4.20. The van der Waals surface area contributed by atoms with Crippen molar-refractivity contribution < 1.29 is 14.0 Å². The standard InChI is InChI=1S/C22H35BO3/c1-9-19-15(3)14(2)16(4)20(24-19)17-10-12-18(13-11-17)23-25-21(5,6)22(7,8)26-23/h10-16,19-20H,9H2,1-8H3/t14-,15-,16+,19+,20+/m0/s1. The summed E-state index contributed by atoms with van der Waals surface area (Å²) in [5, 5.41) is 0. The van der Waals surface area contributed by atoms with Gasteiger partial charge in [0.1, 0.15) is 0 Å². The molecular weight excluding hydrogens is 323 g/mol. The smallest absolute Gasteiger partial charge is 0.399 e. The highest BCUT2D eigenvalue weighted by Gasteiger charge is 2.51. The van der Waals surface area contributed by atoms with Crippen molar-refractivity contribution in [2.45, 2.75) is 85.2 Å². The summed E-state index contributed by atoms with van der Waals surface area (Å²) in [7, 11) is -0.305. The minimum Gasteiger partial charge on any atom is -0.399 e. The van der Waals surface area contributed by atoms with Crippen LogP contribution in [0.4, 0.5) is 0 Å². The van der Waals surface area contributed by atoms with E-state index >= 15 is 0 Å². The average Bonchev–Trinajstić information content (AvgIpc) is 2.81. The molecule has 2 aliphatic rings. The second-order valence-corrected chi connectivity index (χ2v) is 9.34. The van der Waals surface area contributed by atoms with Crippen molar-refractivity contribution in [3.8, 4) is 0 Å². The van der Waals surface area contributed by atoms with E-state index in [0.29, 0.717) is 23.9 Å². The van der Waals surface area contributed by atoms with Crippen LogP contribution in [0.2, 0.25) is 0 Å². The van der Waals surface area contributed by atoms with Crippen LogP contribution in [0, 0.1) is 17.8 Å². The Balaban J connectivity index is 1.78. The van der Waals surface area contributed by atoms with Crippen LogP contribution >= 0.6 is 0 Å². The molecule has 0 bridgehead atoms. The second kappa shape index (κ2) is 6.96. The number of hydrogen-bond acceptors (Lipinski definition) is 3. The maximum absolute atomic E-state index is 6.49. The highest BCUT2D eigenvalue weighted by atomic mass is 16.7. The number of rotatable bonds is 3. The maximum atomic E-state index is 6.49. The molecule has 3 nitrogen and oxygen atoms in total. The van der Waals surface area contributed by atoms with Crippen molar-refractivity contribution in [3.05, 3.63) is 29.8 Å². The van der Waals surface area contributed by atoms with Gasteiger partial charge in [-0.25, -0.2) is 0 Å². The quantitative estimate of drug-likeness (QED) is 0.730. The molecule has 26 heavy (non-hydrogen) atoms. The maximum Gasteiger partial charge on any atom is 0.494 e. The van der Waals surface area contributed by atoms with Crippen molar-refractivity contribution in [1.82, 2.24) is 0 Å². The van der Waals surface area contributed by atoms with Crippen LogP contribution in [0.5, 0.6) is 0 Å². The molecule has 0 spiro atoms. The predicted molar refractivity (Wildman–Crippen MR) is 108 cm³/mol. The molecule has 3 rings (SSSR count). The summed E-state index contributed by atoms with van der Waals surface area (Å²) in [5.41, 5.74) is 1.72. The Morgan fingerprint density at radius 1 is 0.846 bits per heavy atom. The van der Waals surface area contributed by atoms with Gasteiger partial charge in [0, 0.05) is 0 Å². The fraction of sp³-hybridized carbons (Fsp3) is 0.727. The highest BCUT2D eigenvalue weighted by molar-refractivity contribution is 6.62. The Morgan fingerprint density at radius 2 is 1.38 bits per heavy atom. The summed E-state index contributed by atoms with van der Waals surface area (Å²) >= 11 is 0. The number of benzene rings is 1. The first kappa shape index (κ1) is 19.9. The monoisotopic (exact) mass is 358 g/mol. The van der Waals surface area contributed by atoms with Crippen LogP contribution < -0.4 is 5.46 Å². The predicted octanol–water partition coefficient (Wildman–Crippen LogP) is 4.74. The molecular formula is C22H35BO3. The van der Waals surface area contributed by atoms with Gasteiger partial charge in [-0.2, -0.15) is 0 Å². The molecule has 5 atom stereocenters. The van der Waals surface area contributed by atoms with E-state index in [-0.39, 0.29) is 24.4 Å². The summed E-state index contributed by atoms with van der Waals surface area (Å²) in [4.78, 5) is 0. The van der Waals surface area contributed by atoms with E-state index < -0.39 is 0 Å². The fourth-order valence-corrected chi connectivity index (χ4v) is 4.20. The Morgan fingerprint density at radius 3 is 1.88 bits per heavy atom. The van der Waals surface area contributed by atoms with Crippen LogP contribution in [0.3, 0.4) is 0 Å². The molecule has 2 aliphatic heterocycles. The Bertz CT molecular complexity index is 607. The lowest BCUT2D eigenvalue weighted by Gasteiger charge is -2.44. The van der Waals surface area contributed by atoms with Gasteiger partial charge < -0.3 is 14.0 Å². The van der Waals surface area contributed by atoms with Gasteiger partial charge in [-0.1, -0.05) is 52.0 Å². The molecule has 2 fully saturated rings. The van der Waals surface area contributed by atoms with Gasteiger partial charge in [-0.15, -0.1) is 0 Å². The minimum absolute atomic E-state index is 0.165. The van der Waals surface area contributed by atoms with Crippen LogP contribution in [0.1, 0.15) is 73.5 Å². The van der Waals surface area contributed by atoms with Gasteiger partial charge in [0.25, 0.3) is 0 Å². The molecule has 144 valence electrons. The molecule has 2 saturated heterocycles. The van der Waals surface area contributed by atoms with Crippen molar-refractivity contribution in [1.29, 1.82) is 0 Å². The molecule has 0 N–H and O–H groups in total. The van der Waals surface area contributed by atoms with Crippen molar-refractivity contribution in [3.63, 3.8) is 0 Å². The summed E-state index contributed by atoms with van der Waals surface area (Å²) in [6.07, 6.45) is 1.58. The Hall–Kier alpha value is -0.835. The largest absolute Gasteiger partial charge is 0.494 e. The van der Waals surface area contributed by atoms with Crippen LogP contribution in [0.15, 0.2) is 24.3 Å². The van der Waals surface area contributed by atoms with Crippen LogP contribution in [-0.4, -0.2) is 24.4 Å². The summed E-state index contributed by atoms with van der Waals surface area (Å²) in [6, 6.07) is 8.66. The SMILES string of the molecule is CC[C@H]1O[C@@H](c2ccc(B3OC(C)(C)C(C)(C)O3)cc2)[C@H](C)[C@@H](C)[C@@H]1C. The van der Waals surface area contributed by atoms with Gasteiger partial charge in [-0.05, 0) is 62.9 Å². The highest BCUT2D eigenvalue weighted by Crippen LogP contribution is 2.43. The van der Waals surface area contributed by atoms with Gasteiger partial charge in [0.05, 0.1) is 23.4 Å². The van der Waals surface area contributed by atoms with Crippen LogP contribution in [0.25, 0.3) is 0 Å². The lowest BCUT2D eigenvalue weighted by Crippen LogP contribution is -2.41. The number of ether oxygens (including phenoxy) is 1. The normalized spacial score (nSPS) is 36.3. The zero-order chi connectivity index (χ0) is 19.3. The molecule has 0 aliphatic carbocycles. The molecule has 0 unspecified atom stereocenters.